The summed E-state index contributed by atoms with van der Waals surface area (Å²) in [6.07, 6.45) is 10.3. The van der Waals surface area contributed by atoms with Gasteiger partial charge in [0.05, 0.1) is 0 Å². The molecule has 0 unspecified atom stereocenters. The van der Waals surface area contributed by atoms with E-state index in [0.717, 1.165) is 25.2 Å². The van der Waals surface area contributed by atoms with Gasteiger partial charge in [-0.15, -0.1) is 0 Å². The molecule has 0 aromatic carbocycles. The van der Waals surface area contributed by atoms with Gasteiger partial charge in [0.1, 0.15) is 5.82 Å². The zero-order chi connectivity index (χ0) is 11.4. The van der Waals surface area contributed by atoms with E-state index in [1.54, 1.807) is 0 Å². The smallest absolute Gasteiger partial charge is 0.148 e. The molecule has 0 aliphatic heterocycles. The van der Waals surface area contributed by atoms with Gasteiger partial charge in [-0.1, -0.05) is 45.4 Å². The summed E-state index contributed by atoms with van der Waals surface area (Å²) in [4.78, 5) is 0. The second kappa shape index (κ2) is 5.37. The van der Waals surface area contributed by atoms with E-state index in [1.807, 2.05) is 0 Å². The van der Waals surface area contributed by atoms with Gasteiger partial charge in [0.25, 0.3) is 0 Å². The van der Waals surface area contributed by atoms with Crippen LogP contribution in [-0.4, -0.2) is 10.2 Å². The minimum atomic E-state index is 0.715. The Hall–Kier alpha value is -0.990. The topological polar surface area (TPSA) is 54.7 Å². The number of H-pyrrole nitrogens is 1. The molecule has 0 atom stereocenters. The van der Waals surface area contributed by atoms with E-state index in [4.69, 9.17) is 5.73 Å². The summed E-state index contributed by atoms with van der Waals surface area (Å²) in [5.41, 5.74) is 8.46. The number of nitrogens with two attached hydrogens (primary N) is 1. The number of nitrogen functional groups attached to an aromatic ring is 1. The van der Waals surface area contributed by atoms with E-state index in [1.165, 1.54) is 43.4 Å². The highest BCUT2D eigenvalue weighted by atomic mass is 15.2. The van der Waals surface area contributed by atoms with Crippen molar-refractivity contribution in [1.82, 2.24) is 10.2 Å². The molecule has 0 spiro atoms. The average molecular weight is 221 g/mol. The number of hydrogen-bond donors (Lipinski definition) is 2. The van der Waals surface area contributed by atoms with Gasteiger partial charge in [-0.05, 0) is 18.8 Å². The maximum Gasteiger partial charge on any atom is 0.148 e. The highest BCUT2D eigenvalue weighted by Crippen LogP contribution is 2.28. The molecule has 3 N–H and O–H groups in total. The Morgan fingerprint density at radius 1 is 1.31 bits per heavy atom. The van der Waals surface area contributed by atoms with Gasteiger partial charge in [-0.25, -0.2) is 0 Å². The summed E-state index contributed by atoms with van der Waals surface area (Å²) in [5, 5.41) is 7.28. The molecule has 0 bridgehead atoms. The molecule has 0 saturated heterocycles. The first-order valence-corrected chi connectivity index (χ1v) is 6.62. The zero-order valence-corrected chi connectivity index (χ0v) is 10.3. The van der Waals surface area contributed by atoms with Crippen molar-refractivity contribution in [2.45, 2.75) is 58.3 Å². The van der Waals surface area contributed by atoms with Gasteiger partial charge < -0.3 is 5.73 Å². The number of nitrogens with zero attached hydrogens (tertiary/aromatic N) is 1. The Kier molecular flexibility index (Phi) is 3.86. The van der Waals surface area contributed by atoms with Gasteiger partial charge in [-0.2, -0.15) is 5.10 Å². The van der Waals surface area contributed by atoms with Crippen molar-refractivity contribution >= 4 is 5.82 Å². The van der Waals surface area contributed by atoms with Crippen LogP contribution in [0.4, 0.5) is 5.82 Å². The Bertz CT molecular complexity index is 324. The fourth-order valence-electron chi connectivity index (χ4n) is 2.79. The van der Waals surface area contributed by atoms with Crippen LogP contribution >= 0.6 is 0 Å². The minimum Gasteiger partial charge on any atom is -0.382 e. The molecule has 0 amide bonds. The lowest BCUT2D eigenvalue weighted by atomic mass is 9.85. The Balaban J connectivity index is 2.02. The molecule has 0 radical (unpaired) electrons. The molecule has 3 nitrogen and oxygen atoms in total. The van der Waals surface area contributed by atoms with Crippen molar-refractivity contribution in [1.29, 1.82) is 0 Å². The Labute approximate surface area is 97.8 Å². The SMILES string of the molecule is CCCc1c(N)n[nH]c1CC1CCCCC1. The minimum absolute atomic E-state index is 0.715. The molecular formula is C13H23N3. The van der Waals surface area contributed by atoms with Crippen LogP contribution in [-0.2, 0) is 12.8 Å². The summed E-state index contributed by atoms with van der Waals surface area (Å²) in [6, 6.07) is 0. The molecule has 1 fully saturated rings. The number of nitrogens with one attached hydrogen (secondary N) is 1. The highest BCUT2D eigenvalue weighted by molar-refractivity contribution is 5.42. The molecule has 1 aliphatic carbocycles. The molecule has 1 heterocycles. The van der Waals surface area contributed by atoms with Crippen LogP contribution in [0.5, 0.6) is 0 Å². The van der Waals surface area contributed by atoms with Gasteiger partial charge >= 0.3 is 0 Å². The maximum absolute atomic E-state index is 5.89. The largest absolute Gasteiger partial charge is 0.382 e. The summed E-state index contributed by atoms with van der Waals surface area (Å²) >= 11 is 0. The van der Waals surface area contributed by atoms with Crippen LogP contribution in [0, 0.1) is 5.92 Å². The van der Waals surface area contributed by atoms with Crippen LogP contribution in [0.3, 0.4) is 0 Å². The number of rotatable bonds is 4. The third-order valence-corrected chi connectivity index (χ3v) is 3.70. The van der Waals surface area contributed by atoms with Crippen molar-refractivity contribution in [3.63, 3.8) is 0 Å². The second-order valence-electron chi connectivity index (χ2n) is 5.02. The standard InChI is InChI=1S/C13H23N3/c1-2-6-11-12(15-16-13(11)14)9-10-7-4-3-5-8-10/h10H,2-9H2,1H3,(H3,14,15,16). The van der Waals surface area contributed by atoms with E-state index in [2.05, 4.69) is 17.1 Å². The van der Waals surface area contributed by atoms with Gasteiger partial charge in [0.15, 0.2) is 0 Å². The van der Waals surface area contributed by atoms with Crippen LogP contribution in [0.15, 0.2) is 0 Å². The molecule has 1 aromatic rings. The number of aromatic nitrogens is 2. The van der Waals surface area contributed by atoms with Gasteiger partial charge in [-0.3, -0.25) is 5.10 Å². The monoisotopic (exact) mass is 221 g/mol. The fourth-order valence-corrected chi connectivity index (χ4v) is 2.79. The number of hydrogen-bond acceptors (Lipinski definition) is 2. The number of aromatic amines is 1. The summed E-state index contributed by atoms with van der Waals surface area (Å²) in [7, 11) is 0. The molecule has 1 aliphatic rings. The third-order valence-electron chi connectivity index (χ3n) is 3.70. The van der Waals surface area contributed by atoms with Gasteiger partial charge in [0, 0.05) is 11.3 Å². The van der Waals surface area contributed by atoms with Crippen LogP contribution in [0.2, 0.25) is 0 Å². The van der Waals surface area contributed by atoms with Crippen molar-refractivity contribution in [2.24, 2.45) is 5.92 Å². The van der Waals surface area contributed by atoms with E-state index >= 15 is 0 Å². The molecule has 2 rings (SSSR count). The first-order valence-electron chi connectivity index (χ1n) is 6.62. The highest BCUT2D eigenvalue weighted by Gasteiger charge is 2.18. The number of anilines is 1. The molecule has 3 heteroatoms. The lowest BCUT2D eigenvalue weighted by Crippen LogP contribution is -2.10. The average Bonchev–Trinajstić information content (AvgIpc) is 2.64. The lowest BCUT2D eigenvalue weighted by molar-refractivity contribution is 0.353. The van der Waals surface area contributed by atoms with Crippen LogP contribution in [0.25, 0.3) is 0 Å². The molecule has 1 saturated carbocycles. The molecular weight excluding hydrogens is 198 g/mol. The summed E-state index contributed by atoms with van der Waals surface area (Å²) < 4.78 is 0. The maximum atomic E-state index is 5.89. The van der Waals surface area contributed by atoms with Crippen LogP contribution < -0.4 is 5.73 Å². The first-order chi connectivity index (χ1) is 7.81. The van der Waals surface area contributed by atoms with Crippen molar-refractivity contribution in [2.75, 3.05) is 5.73 Å². The summed E-state index contributed by atoms with van der Waals surface area (Å²) in [6.45, 7) is 2.19. The first kappa shape index (κ1) is 11.5. The lowest BCUT2D eigenvalue weighted by Gasteiger charge is -2.21. The molecule has 1 aromatic heterocycles. The van der Waals surface area contributed by atoms with Crippen LogP contribution in [0.1, 0.15) is 56.7 Å². The second-order valence-corrected chi connectivity index (χ2v) is 5.02. The molecule has 90 valence electrons. The van der Waals surface area contributed by atoms with E-state index in [0.29, 0.717) is 5.82 Å². The predicted molar refractivity (Wildman–Crippen MR) is 67.3 cm³/mol. The van der Waals surface area contributed by atoms with E-state index in [-0.39, 0.29) is 0 Å². The quantitative estimate of drug-likeness (QED) is 0.821. The normalized spacial score (nSPS) is 17.8. The van der Waals surface area contributed by atoms with E-state index < -0.39 is 0 Å². The van der Waals surface area contributed by atoms with Gasteiger partial charge in [0.2, 0.25) is 0 Å². The predicted octanol–water partition coefficient (Wildman–Crippen LogP) is 3.07. The van der Waals surface area contributed by atoms with E-state index in [9.17, 15) is 0 Å². The third kappa shape index (κ3) is 2.57. The zero-order valence-electron chi connectivity index (χ0n) is 10.3. The fraction of sp³-hybridized carbons (Fsp3) is 0.769. The van der Waals surface area contributed by atoms with Crippen molar-refractivity contribution in [3.8, 4) is 0 Å². The van der Waals surface area contributed by atoms with Crippen molar-refractivity contribution in [3.05, 3.63) is 11.3 Å². The molecule has 16 heavy (non-hydrogen) atoms. The van der Waals surface area contributed by atoms with Crippen molar-refractivity contribution < 1.29 is 0 Å². The Morgan fingerprint density at radius 3 is 2.75 bits per heavy atom. The Morgan fingerprint density at radius 2 is 2.06 bits per heavy atom. The summed E-state index contributed by atoms with van der Waals surface area (Å²) in [5.74, 6) is 1.57.